The first-order valence-corrected chi connectivity index (χ1v) is 12.0. The van der Waals surface area contributed by atoms with Gasteiger partial charge in [-0.3, -0.25) is 4.79 Å². The van der Waals surface area contributed by atoms with Gasteiger partial charge in [0.15, 0.2) is 0 Å². The minimum Gasteiger partial charge on any atom is -0.469 e. The summed E-state index contributed by atoms with van der Waals surface area (Å²) >= 11 is 0. The van der Waals surface area contributed by atoms with E-state index in [9.17, 15) is 14.4 Å². The minimum absolute atomic E-state index is 0.0863. The highest BCUT2D eigenvalue weighted by molar-refractivity contribution is 5.73. The molecule has 0 radical (unpaired) electrons. The Labute approximate surface area is 203 Å². The lowest BCUT2D eigenvalue weighted by Gasteiger charge is -2.46. The van der Waals surface area contributed by atoms with Crippen LogP contribution in [-0.2, 0) is 20.8 Å². The second-order valence-electron chi connectivity index (χ2n) is 10.6. The Kier molecular flexibility index (Phi) is 10.2. The van der Waals surface area contributed by atoms with E-state index in [0.717, 1.165) is 24.8 Å². The molecule has 0 saturated heterocycles. The number of methoxy groups -OCH3 is 1. The van der Waals surface area contributed by atoms with Crippen molar-refractivity contribution in [3.63, 3.8) is 0 Å². The molecule has 3 amide bonds. The van der Waals surface area contributed by atoms with Crippen LogP contribution in [-0.4, -0.2) is 56.8 Å². The molecular formula is C26H41N3O5. The van der Waals surface area contributed by atoms with Gasteiger partial charge in [0, 0.05) is 33.1 Å². The van der Waals surface area contributed by atoms with Crippen LogP contribution >= 0.6 is 0 Å². The summed E-state index contributed by atoms with van der Waals surface area (Å²) in [7, 11) is 3.14. The molecular weight excluding hydrogens is 434 g/mol. The van der Waals surface area contributed by atoms with Gasteiger partial charge in [-0.25, -0.2) is 9.59 Å². The van der Waals surface area contributed by atoms with Gasteiger partial charge in [-0.05, 0) is 48.0 Å². The average molecular weight is 476 g/mol. The van der Waals surface area contributed by atoms with Gasteiger partial charge in [0.25, 0.3) is 0 Å². The molecule has 0 heterocycles. The zero-order valence-electron chi connectivity index (χ0n) is 21.3. The predicted molar refractivity (Wildman–Crippen MR) is 131 cm³/mol. The molecule has 0 bridgehead atoms. The summed E-state index contributed by atoms with van der Waals surface area (Å²) in [4.78, 5) is 37.8. The SMILES string of the molecule is COC(=O)CC1CC(C)(C)CC(C)(CNC(=O)OCCCN(C)C(=O)NCc2ccccc2)C1. The largest absolute Gasteiger partial charge is 0.469 e. The van der Waals surface area contributed by atoms with E-state index in [4.69, 9.17) is 9.47 Å². The molecule has 8 nitrogen and oxygen atoms in total. The van der Waals surface area contributed by atoms with Gasteiger partial charge in [0.1, 0.15) is 0 Å². The number of carbonyl (C=O) groups is 3. The van der Waals surface area contributed by atoms with E-state index in [-0.39, 0.29) is 35.4 Å². The smallest absolute Gasteiger partial charge is 0.407 e. The quantitative estimate of drug-likeness (QED) is 0.388. The second kappa shape index (κ2) is 12.6. The molecule has 1 aromatic carbocycles. The van der Waals surface area contributed by atoms with Crippen LogP contribution in [0, 0.1) is 16.7 Å². The lowest BCUT2D eigenvalue weighted by molar-refractivity contribution is -0.142. The molecule has 2 N–H and O–H groups in total. The van der Waals surface area contributed by atoms with Crippen molar-refractivity contribution < 1.29 is 23.9 Å². The van der Waals surface area contributed by atoms with Crippen molar-refractivity contribution >= 4 is 18.1 Å². The molecule has 8 heteroatoms. The van der Waals surface area contributed by atoms with Gasteiger partial charge in [0.2, 0.25) is 0 Å². The topological polar surface area (TPSA) is 97.0 Å². The van der Waals surface area contributed by atoms with Gasteiger partial charge >= 0.3 is 18.1 Å². The number of alkyl carbamates (subject to hydrolysis) is 1. The summed E-state index contributed by atoms with van der Waals surface area (Å²) in [5.41, 5.74) is 1.01. The fraction of sp³-hybridized carbons (Fsp3) is 0.654. The molecule has 1 aromatic rings. The number of rotatable bonds is 10. The maximum Gasteiger partial charge on any atom is 0.407 e. The van der Waals surface area contributed by atoms with Crippen LogP contribution in [0.3, 0.4) is 0 Å². The van der Waals surface area contributed by atoms with Crippen molar-refractivity contribution in [3.8, 4) is 0 Å². The summed E-state index contributed by atoms with van der Waals surface area (Å²) in [6, 6.07) is 9.56. The van der Waals surface area contributed by atoms with Gasteiger partial charge in [0.05, 0.1) is 13.7 Å². The fourth-order valence-electron chi connectivity index (χ4n) is 5.26. The highest BCUT2D eigenvalue weighted by atomic mass is 16.5. The molecule has 1 aliphatic carbocycles. The lowest BCUT2D eigenvalue weighted by atomic mass is 9.60. The van der Waals surface area contributed by atoms with Gasteiger partial charge in [-0.2, -0.15) is 0 Å². The Morgan fingerprint density at radius 2 is 1.79 bits per heavy atom. The predicted octanol–water partition coefficient (Wildman–Crippen LogP) is 4.34. The molecule has 0 spiro atoms. The number of benzene rings is 1. The van der Waals surface area contributed by atoms with Crippen LogP contribution in [0.15, 0.2) is 30.3 Å². The summed E-state index contributed by atoms with van der Waals surface area (Å²) in [5.74, 6) is 0.0544. The Morgan fingerprint density at radius 1 is 1.09 bits per heavy atom. The Balaban J connectivity index is 1.67. The van der Waals surface area contributed by atoms with Crippen molar-refractivity contribution in [2.24, 2.45) is 16.7 Å². The van der Waals surface area contributed by atoms with Crippen LogP contribution in [0.5, 0.6) is 0 Å². The molecule has 190 valence electrons. The number of nitrogens with one attached hydrogen (secondary N) is 2. The van der Waals surface area contributed by atoms with Crippen LogP contribution in [0.25, 0.3) is 0 Å². The van der Waals surface area contributed by atoms with E-state index in [1.807, 2.05) is 30.3 Å². The molecule has 0 aliphatic heterocycles. The third-order valence-corrected chi connectivity index (χ3v) is 6.37. The van der Waals surface area contributed by atoms with Crippen molar-refractivity contribution in [2.75, 3.05) is 33.9 Å². The van der Waals surface area contributed by atoms with Crippen molar-refractivity contribution in [1.82, 2.24) is 15.5 Å². The first-order valence-electron chi connectivity index (χ1n) is 12.0. The van der Waals surface area contributed by atoms with Crippen molar-refractivity contribution in [2.45, 2.75) is 59.4 Å². The van der Waals surface area contributed by atoms with Crippen LogP contribution in [0.1, 0.15) is 58.4 Å². The summed E-state index contributed by atoms with van der Waals surface area (Å²) < 4.78 is 10.2. The number of esters is 1. The second-order valence-corrected chi connectivity index (χ2v) is 10.6. The molecule has 34 heavy (non-hydrogen) atoms. The number of urea groups is 1. The number of hydrogen-bond donors (Lipinski definition) is 2. The molecule has 1 saturated carbocycles. The normalized spacial score (nSPS) is 21.3. The summed E-state index contributed by atoms with van der Waals surface area (Å²) in [5, 5.41) is 5.77. The number of hydrogen-bond acceptors (Lipinski definition) is 5. The zero-order chi connectivity index (χ0) is 25.2. The van der Waals surface area contributed by atoms with E-state index in [0.29, 0.717) is 32.5 Å². The van der Waals surface area contributed by atoms with Gasteiger partial charge in [-0.15, -0.1) is 0 Å². The molecule has 2 rings (SSSR count). The molecule has 0 aromatic heterocycles. The van der Waals surface area contributed by atoms with Crippen LogP contribution < -0.4 is 10.6 Å². The first-order chi connectivity index (χ1) is 16.0. The van der Waals surface area contributed by atoms with E-state index in [2.05, 4.69) is 31.4 Å². The summed E-state index contributed by atoms with van der Waals surface area (Å²) in [6.45, 7) is 8.25. The molecule has 2 unspecified atom stereocenters. The highest BCUT2D eigenvalue weighted by Gasteiger charge is 2.42. The minimum atomic E-state index is -0.453. The molecule has 1 aliphatic rings. The molecule has 1 fully saturated rings. The molecule has 2 atom stereocenters. The summed E-state index contributed by atoms with van der Waals surface area (Å²) in [6.07, 6.45) is 3.29. The number of ether oxygens (including phenoxy) is 2. The highest BCUT2D eigenvalue weighted by Crippen LogP contribution is 2.49. The number of amides is 3. The maximum absolute atomic E-state index is 12.2. The maximum atomic E-state index is 12.2. The third kappa shape index (κ3) is 9.61. The monoisotopic (exact) mass is 475 g/mol. The Bertz CT molecular complexity index is 814. The average Bonchev–Trinajstić information content (AvgIpc) is 2.78. The Morgan fingerprint density at radius 3 is 2.47 bits per heavy atom. The van der Waals surface area contributed by atoms with Crippen LogP contribution in [0.2, 0.25) is 0 Å². The Hall–Kier alpha value is -2.77. The third-order valence-electron chi connectivity index (χ3n) is 6.37. The van der Waals surface area contributed by atoms with Crippen molar-refractivity contribution in [3.05, 3.63) is 35.9 Å². The van der Waals surface area contributed by atoms with Crippen molar-refractivity contribution in [1.29, 1.82) is 0 Å². The first kappa shape index (κ1) is 27.5. The zero-order valence-corrected chi connectivity index (χ0v) is 21.3. The van der Waals surface area contributed by atoms with Crippen LogP contribution in [0.4, 0.5) is 9.59 Å². The number of nitrogens with zero attached hydrogens (tertiary/aromatic N) is 1. The standard InChI is InChI=1S/C26H41N3O5/c1-25(2)15-21(14-22(30)33-5)16-26(3,18-25)19-28-24(32)34-13-9-12-29(4)23(31)27-17-20-10-7-6-8-11-20/h6-8,10-11,21H,9,12-19H2,1-5H3,(H,27,31)(H,28,32). The van der Waals surface area contributed by atoms with E-state index in [1.54, 1.807) is 11.9 Å². The lowest BCUT2D eigenvalue weighted by Crippen LogP contribution is -2.44. The number of carbonyl (C=O) groups excluding carboxylic acids is 3. The van der Waals surface area contributed by atoms with E-state index in [1.165, 1.54) is 7.11 Å². The van der Waals surface area contributed by atoms with E-state index < -0.39 is 6.09 Å². The van der Waals surface area contributed by atoms with Gasteiger partial charge < -0.3 is 25.0 Å². The van der Waals surface area contributed by atoms with E-state index >= 15 is 0 Å². The van der Waals surface area contributed by atoms with Gasteiger partial charge in [-0.1, -0.05) is 51.1 Å². The fourth-order valence-corrected chi connectivity index (χ4v) is 5.26.